The molecule has 10 rings (SSSR count). The maximum absolute atomic E-state index is 11.6. The number of nitrogens with zero attached hydrogens (tertiary/aromatic N) is 7. The van der Waals surface area contributed by atoms with Gasteiger partial charge in [0.05, 0.1) is 0 Å². The van der Waals surface area contributed by atoms with Crippen molar-refractivity contribution in [3.63, 3.8) is 0 Å². The third-order valence-electron chi connectivity index (χ3n) is 10.9. The summed E-state index contributed by atoms with van der Waals surface area (Å²) in [6.07, 6.45) is 2.98. The van der Waals surface area contributed by atoms with E-state index in [9.17, 15) is 4.79 Å². The minimum absolute atomic E-state index is 0.347. The molecule has 268 valence electrons. The SMILES string of the molecule is CCN1CCC(C(C)(C)C)CCC1=O.c1ccc2c(c1)-c1nc-2nc2[nH]c(nc3nc(nc4[nH]c(n1)c1ccccc41)-c1ccccc1-3)c1ccccc21. The van der Waals surface area contributed by atoms with Crippen molar-refractivity contribution in [3.05, 3.63) is 97.1 Å². The van der Waals surface area contributed by atoms with Gasteiger partial charge in [-0.1, -0.05) is 118 Å². The standard InChI is InChI=1S/C32H18N8.C12H23NO/c1-2-10-18-17(9-1)25-33-26(18)38-28-21-13-5-6-14-22(21)30(35-28)40-32-24-16-8-7-15-23(24)31(36-32)39-29-20-12-4-3-11-19(20)27(34-29)37-25;1-5-13-9-8-10(12(2,3)4)6-7-11(13)14/h1-16H,(H2,33,34,35,36,37,38,39,40);10H,5-9H2,1-4H3. The third kappa shape index (κ3) is 5.97. The molecule has 1 saturated heterocycles. The number of nitrogens with one attached hydrogen (secondary N) is 2. The lowest BCUT2D eigenvalue weighted by atomic mass is 9.77. The van der Waals surface area contributed by atoms with Gasteiger partial charge in [0.1, 0.15) is 22.6 Å². The zero-order valence-electron chi connectivity index (χ0n) is 30.9. The molecular weight excluding hydrogens is 671 g/mol. The van der Waals surface area contributed by atoms with Crippen LogP contribution < -0.4 is 0 Å². The zero-order valence-corrected chi connectivity index (χ0v) is 30.9. The normalized spacial score (nSPS) is 15.4. The van der Waals surface area contributed by atoms with Gasteiger partial charge in [0.15, 0.2) is 23.3 Å². The number of hydrogen-bond donors (Lipinski definition) is 2. The summed E-state index contributed by atoms with van der Waals surface area (Å²) >= 11 is 0. The highest BCUT2D eigenvalue weighted by Gasteiger charge is 2.29. The van der Waals surface area contributed by atoms with Gasteiger partial charge in [0.2, 0.25) is 5.91 Å². The number of carbonyl (C=O) groups is 1. The number of fused-ring (bicyclic) bond motifs is 20. The van der Waals surface area contributed by atoms with Crippen LogP contribution in [0.3, 0.4) is 0 Å². The van der Waals surface area contributed by atoms with Crippen LogP contribution in [0.25, 0.3) is 89.7 Å². The molecule has 1 atom stereocenters. The Balaban J connectivity index is 0.000000234. The quantitative estimate of drug-likeness (QED) is 0.174. The van der Waals surface area contributed by atoms with Crippen LogP contribution in [0.2, 0.25) is 0 Å². The maximum Gasteiger partial charge on any atom is 0.222 e. The summed E-state index contributed by atoms with van der Waals surface area (Å²) in [6, 6.07) is 32.2. The largest absolute Gasteiger partial charge is 0.343 e. The van der Waals surface area contributed by atoms with E-state index in [0.29, 0.717) is 63.1 Å². The number of benzene rings is 4. The van der Waals surface area contributed by atoms with E-state index in [1.165, 1.54) is 6.42 Å². The van der Waals surface area contributed by atoms with E-state index in [1.807, 2.05) is 102 Å². The van der Waals surface area contributed by atoms with Crippen LogP contribution in [0.15, 0.2) is 97.1 Å². The molecule has 0 radical (unpaired) electrons. The summed E-state index contributed by atoms with van der Waals surface area (Å²) in [5.74, 6) is 3.43. The van der Waals surface area contributed by atoms with Crippen molar-refractivity contribution in [2.45, 2.75) is 47.0 Å². The molecule has 0 saturated carbocycles. The van der Waals surface area contributed by atoms with E-state index in [2.05, 4.69) is 37.7 Å². The van der Waals surface area contributed by atoms with Crippen LogP contribution in [0.5, 0.6) is 0 Å². The monoisotopic (exact) mass is 711 g/mol. The van der Waals surface area contributed by atoms with Crippen molar-refractivity contribution in [1.82, 2.24) is 44.8 Å². The van der Waals surface area contributed by atoms with Crippen molar-refractivity contribution in [3.8, 4) is 45.6 Å². The van der Waals surface area contributed by atoms with E-state index in [1.54, 1.807) is 0 Å². The summed E-state index contributed by atoms with van der Waals surface area (Å²) < 4.78 is 0. The second-order valence-corrected chi connectivity index (χ2v) is 15.2. The molecular formula is C44H41N9O. The molecule has 7 aromatic rings. The Morgan fingerprint density at radius 2 is 0.907 bits per heavy atom. The Kier molecular flexibility index (Phi) is 8.25. The summed E-state index contributed by atoms with van der Waals surface area (Å²) in [6.45, 7) is 10.7. The van der Waals surface area contributed by atoms with Crippen LogP contribution in [0.1, 0.15) is 47.0 Å². The predicted octanol–water partition coefficient (Wildman–Crippen LogP) is 9.55. The molecule has 6 heterocycles. The van der Waals surface area contributed by atoms with Crippen LogP contribution >= 0.6 is 0 Å². The Hall–Kier alpha value is -6.29. The first kappa shape index (κ1) is 33.5. The fourth-order valence-electron chi connectivity index (χ4n) is 7.83. The molecule has 3 aliphatic heterocycles. The first-order valence-corrected chi connectivity index (χ1v) is 18.7. The van der Waals surface area contributed by atoms with Crippen LogP contribution in [-0.2, 0) is 4.79 Å². The van der Waals surface area contributed by atoms with Gasteiger partial charge in [-0.2, -0.15) is 0 Å². The third-order valence-corrected chi connectivity index (χ3v) is 10.9. The summed E-state index contributed by atoms with van der Waals surface area (Å²) in [5.41, 5.74) is 6.80. The Bertz CT molecular complexity index is 2440. The molecule has 2 N–H and O–H groups in total. The summed E-state index contributed by atoms with van der Waals surface area (Å²) in [4.78, 5) is 50.4. The first-order valence-electron chi connectivity index (χ1n) is 18.7. The molecule has 54 heavy (non-hydrogen) atoms. The van der Waals surface area contributed by atoms with Crippen molar-refractivity contribution in [2.24, 2.45) is 11.3 Å². The number of H-pyrrole nitrogens is 2. The number of aromatic amines is 2. The molecule has 8 bridgehead atoms. The molecule has 10 nitrogen and oxygen atoms in total. The van der Waals surface area contributed by atoms with Gasteiger partial charge in [0.25, 0.3) is 0 Å². The highest BCUT2D eigenvalue weighted by Crippen LogP contribution is 2.37. The zero-order chi connectivity index (χ0) is 37.0. The van der Waals surface area contributed by atoms with E-state index in [4.69, 9.17) is 29.9 Å². The smallest absolute Gasteiger partial charge is 0.222 e. The lowest BCUT2D eigenvalue weighted by Crippen LogP contribution is -2.30. The number of amides is 1. The second kappa shape index (κ2) is 13.3. The van der Waals surface area contributed by atoms with E-state index in [-0.39, 0.29) is 0 Å². The average molecular weight is 712 g/mol. The minimum Gasteiger partial charge on any atom is -0.343 e. The second-order valence-electron chi connectivity index (χ2n) is 15.2. The lowest BCUT2D eigenvalue weighted by Gasteiger charge is -2.29. The average Bonchev–Trinajstić information content (AvgIpc) is 3.88. The molecule has 0 aliphatic carbocycles. The van der Waals surface area contributed by atoms with Crippen molar-refractivity contribution >= 4 is 50.0 Å². The van der Waals surface area contributed by atoms with Crippen molar-refractivity contribution in [1.29, 1.82) is 0 Å². The van der Waals surface area contributed by atoms with Gasteiger partial charge in [-0.05, 0) is 31.1 Å². The van der Waals surface area contributed by atoms with Gasteiger partial charge in [0, 0.05) is 63.3 Å². The summed E-state index contributed by atoms with van der Waals surface area (Å²) in [7, 11) is 0. The van der Waals surface area contributed by atoms with Gasteiger partial charge in [-0.15, -0.1) is 0 Å². The Labute approximate surface area is 312 Å². The van der Waals surface area contributed by atoms with Crippen LogP contribution in [0, 0.1) is 11.3 Å². The van der Waals surface area contributed by atoms with E-state index >= 15 is 0 Å². The maximum atomic E-state index is 11.6. The number of likely N-dealkylation sites (tertiary alicyclic amines) is 1. The van der Waals surface area contributed by atoms with Gasteiger partial charge < -0.3 is 14.9 Å². The fraction of sp³-hybridized carbons (Fsp3) is 0.250. The molecule has 1 unspecified atom stereocenters. The number of carbonyl (C=O) groups excluding carboxylic acids is 1. The Morgan fingerprint density at radius 1 is 0.556 bits per heavy atom. The topological polar surface area (TPSA) is 129 Å². The fourth-order valence-corrected chi connectivity index (χ4v) is 7.83. The van der Waals surface area contributed by atoms with Crippen LogP contribution in [0.4, 0.5) is 0 Å². The van der Waals surface area contributed by atoms with Gasteiger partial charge in [-0.3, -0.25) is 4.79 Å². The molecule has 4 aromatic carbocycles. The van der Waals surface area contributed by atoms with Crippen molar-refractivity contribution in [2.75, 3.05) is 13.1 Å². The molecule has 3 aromatic heterocycles. The van der Waals surface area contributed by atoms with E-state index < -0.39 is 0 Å². The molecule has 1 fully saturated rings. The molecule has 0 spiro atoms. The van der Waals surface area contributed by atoms with Gasteiger partial charge >= 0.3 is 0 Å². The van der Waals surface area contributed by atoms with Crippen molar-refractivity contribution < 1.29 is 4.79 Å². The lowest BCUT2D eigenvalue weighted by molar-refractivity contribution is -0.130. The molecule has 10 heteroatoms. The number of hydrogen-bond acceptors (Lipinski definition) is 7. The van der Waals surface area contributed by atoms with Crippen LogP contribution in [-0.4, -0.2) is 63.8 Å². The number of rotatable bonds is 1. The number of aromatic nitrogens is 8. The predicted molar refractivity (Wildman–Crippen MR) is 215 cm³/mol. The Morgan fingerprint density at radius 3 is 1.24 bits per heavy atom. The summed E-state index contributed by atoms with van der Waals surface area (Å²) in [5, 5.41) is 3.82. The first-order chi connectivity index (χ1) is 26.2. The highest BCUT2D eigenvalue weighted by molar-refractivity contribution is 6.06. The van der Waals surface area contributed by atoms with E-state index in [0.717, 1.165) is 69.7 Å². The molecule has 3 aliphatic rings. The molecule has 1 amide bonds. The highest BCUT2D eigenvalue weighted by atomic mass is 16.2. The van der Waals surface area contributed by atoms with Gasteiger partial charge in [-0.25, -0.2) is 29.9 Å². The minimum atomic E-state index is 0.347.